The zero-order chi connectivity index (χ0) is 24.3. The summed E-state index contributed by atoms with van der Waals surface area (Å²) in [5.41, 5.74) is -2.54. The first-order valence-corrected chi connectivity index (χ1v) is 10.6. The summed E-state index contributed by atoms with van der Waals surface area (Å²) in [6.07, 6.45) is -0.386. The highest BCUT2D eigenvalue weighted by molar-refractivity contribution is 5.69. The van der Waals surface area contributed by atoms with Gasteiger partial charge in [0, 0.05) is 18.3 Å². The van der Waals surface area contributed by atoms with Crippen LogP contribution in [0.5, 0.6) is 11.8 Å². The van der Waals surface area contributed by atoms with Gasteiger partial charge in [-0.3, -0.25) is 0 Å². The van der Waals surface area contributed by atoms with Crippen LogP contribution in [0.15, 0.2) is 24.5 Å². The maximum absolute atomic E-state index is 12.7. The van der Waals surface area contributed by atoms with Gasteiger partial charge in [-0.25, -0.2) is 27.5 Å². The molecule has 2 fully saturated rings. The van der Waals surface area contributed by atoms with Gasteiger partial charge in [0.25, 0.3) is 0 Å². The molecule has 2 heterocycles. The fraction of sp³-hybridized carbons (Fsp3) is 0.667. The van der Waals surface area contributed by atoms with E-state index in [1.54, 1.807) is 26.8 Å². The molecular formula is C21H28F4N4O4. The molecule has 2 aliphatic carbocycles. The van der Waals surface area contributed by atoms with E-state index in [0.717, 1.165) is 4.68 Å². The molecule has 0 radical (unpaired) electrons. The molecule has 0 unspecified atom stereocenters. The van der Waals surface area contributed by atoms with Gasteiger partial charge in [0.15, 0.2) is 0 Å². The number of halogens is 4. The van der Waals surface area contributed by atoms with E-state index >= 15 is 0 Å². The number of nitrogens with zero attached hydrogens (tertiary/aromatic N) is 3. The molecule has 0 bridgehead atoms. The van der Waals surface area contributed by atoms with E-state index in [4.69, 9.17) is 14.2 Å². The highest BCUT2D eigenvalue weighted by atomic mass is 19.3. The monoisotopic (exact) mass is 476 g/mol. The molecule has 2 saturated carbocycles. The Balaban J connectivity index is 0.000000203. The second kappa shape index (κ2) is 9.60. The Hall–Kier alpha value is -2.79. The largest absolute Gasteiger partial charge is 0.477 e. The van der Waals surface area contributed by atoms with E-state index in [0.29, 0.717) is 31.6 Å². The van der Waals surface area contributed by atoms with Crippen LogP contribution >= 0.6 is 0 Å². The van der Waals surface area contributed by atoms with Crippen molar-refractivity contribution >= 4 is 6.09 Å². The molecule has 12 heteroatoms. The fourth-order valence-corrected chi connectivity index (χ4v) is 2.73. The number of aromatic amines is 1. The van der Waals surface area contributed by atoms with Crippen molar-refractivity contribution in [3.63, 3.8) is 0 Å². The fourth-order valence-electron chi connectivity index (χ4n) is 2.73. The topological polar surface area (TPSA) is 91.3 Å². The molecule has 1 N–H and O–H groups in total. The average Bonchev–Trinajstić information content (AvgIpc) is 3.59. The zero-order valence-electron chi connectivity index (χ0n) is 18.7. The highest BCUT2D eigenvalue weighted by Gasteiger charge is 2.52. The molecule has 2 aromatic rings. The number of nitrogens with one attached hydrogen (secondary N) is 1. The quantitative estimate of drug-likeness (QED) is 0.544. The van der Waals surface area contributed by atoms with E-state index in [-0.39, 0.29) is 19.1 Å². The SMILES string of the molecule is CC(C)(C)OC(=O)n1ccc(OCC2(C(F)F)CC2)n1.FC(F)C1(COc2ccn[nH]2)CC1. The number of aromatic nitrogens is 4. The van der Waals surface area contributed by atoms with Gasteiger partial charge in [0.2, 0.25) is 24.6 Å². The standard InChI is InChI=1S/C13H18F2N2O3.C8H10F2N2O/c1-12(2,3)20-11(18)17-7-4-9(16-17)19-8-13(5-6-13)10(14)15;9-7(10)8(2-3-8)5-13-6-1-4-11-12-6/h4,7,10H,5-6,8H2,1-3H3;1,4,7H,2-3,5H2,(H,11,12). The summed E-state index contributed by atoms with van der Waals surface area (Å²) < 4.78 is 66.7. The Bertz CT molecular complexity index is 904. The molecule has 0 aromatic carbocycles. The second-order valence-electron chi connectivity index (χ2n) is 9.40. The van der Waals surface area contributed by atoms with E-state index < -0.39 is 35.4 Å². The lowest BCUT2D eigenvalue weighted by Crippen LogP contribution is -2.27. The third-order valence-corrected chi connectivity index (χ3v) is 5.35. The number of rotatable bonds is 8. The van der Waals surface area contributed by atoms with Crippen molar-refractivity contribution in [2.75, 3.05) is 13.2 Å². The van der Waals surface area contributed by atoms with Crippen molar-refractivity contribution in [3.8, 4) is 11.8 Å². The van der Waals surface area contributed by atoms with Crippen molar-refractivity contribution in [2.45, 2.75) is 64.9 Å². The van der Waals surface area contributed by atoms with Crippen LogP contribution in [0.1, 0.15) is 46.5 Å². The number of carbonyl (C=O) groups is 1. The van der Waals surface area contributed by atoms with Crippen LogP contribution in [0.4, 0.5) is 22.4 Å². The van der Waals surface area contributed by atoms with Gasteiger partial charge < -0.3 is 14.2 Å². The maximum atomic E-state index is 12.7. The Kier molecular flexibility index (Phi) is 7.23. The minimum Gasteiger partial charge on any atom is -0.477 e. The van der Waals surface area contributed by atoms with E-state index in [2.05, 4.69) is 15.3 Å². The van der Waals surface area contributed by atoms with Crippen LogP contribution in [0, 0.1) is 10.8 Å². The first-order valence-electron chi connectivity index (χ1n) is 10.6. The predicted octanol–water partition coefficient (Wildman–Crippen LogP) is 4.92. The molecule has 8 nitrogen and oxygen atoms in total. The highest BCUT2D eigenvalue weighted by Crippen LogP contribution is 2.51. The number of alkyl halides is 4. The van der Waals surface area contributed by atoms with Gasteiger partial charge in [0.05, 0.1) is 17.0 Å². The van der Waals surface area contributed by atoms with Gasteiger partial charge in [-0.2, -0.15) is 9.78 Å². The molecule has 0 saturated heterocycles. The molecule has 0 spiro atoms. The molecule has 33 heavy (non-hydrogen) atoms. The van der Waals surface area contributed by atoms with Gasteiger partial charge in [-0.05, 0) is 46.5 Å². The smallest absolute Gasteiger partial charge is 0.435 e. The van der Waals surface area contributed by atoms with Gasteiger partial charge in [-0.1, -0.05) is 0 Å². The summed E-state index contributed by atoms with van der Waals surface area (Å²) in [6.45, 7) is 5.21. The molecular weight excluding hydrogens is 448 g/mol. The number of ether oxygens (including phenoxy) is 3. The first-order chi connectivity index (χ1) is 15.4. The number of H-pyrrole nitrogens is 1. The predicted molar refractivity (Wildman–Crippen MR) is 109 cm³/mol. The summed E-state index contributed by atoms with van der Waals surface area (Å²) in [4.78, 5) is 11.7. The minimum atomic E-state index is -2.39. The van der Waals surface area contributed by atoms with E-state index in [9.17, 15) is 22.4 Å². The summed E-state index contributed by atoms with van der Waals surface area (Å²) >= 11 is 0. The van der Waals surface area contributed by atoms with Gasteiger partial charge in [-0.15, -0.1) is 5.10 Å². The zero-order valence-corrected chi connectivity index (χ0v) is 18.7. The van der Waals surface area contributed by atoms with Crippen molar-refractivity contribution in [3.05, 3.63) is 24.5 Å². The van der Waals surface area contributed by atoms with Crippen LogP contribution in [-0.4, -0.2) is 57.7 Å². The van der Waals surface area contributed by atoms with Crippen molar-refractivity contribution in [1.82, 2.24) is 20.0 Å². The van der Waals surface area contributed by atoms with Crippen molar-refractivity contribution in [1.29, 1.82) is 0 Å². The van der Waals surface area contributed by atoms with Crippen LogP contribution in [0.25, 0.3) is 0 Å². The van der Waals surface area contributed by atoms with Crippen molar-refractivity contribution in [2.24, 2.45) is 10.8 Å². The lowest BCUT2D eigenvalue weighted by molar-refractivity contribution is 0.0296. The minimum absolute atomic E-state index is 0.0762. The van der Waals surface area contributed by atoms with Gasteiger partial charge >= 0.3 is 6.09 Å². The van der Waals surface area contributed by atoms with Crippen LogP contribution in [-0.2, 0) is 4.74 Å². The number of hydrogen-bond donors (Lipinski definition) is 1. The molecule has 2 aromatic heterocycles. The summed E-state index contributed by atoms with van der Waals surface area (Å²) in [7, 11) is 0. The molecule has 4 rings (SSSR count). The molecule has 0 amide bonds. The maximum Gasteiger partial charge on any atom is 0.435 e. The van der Waals surface area contributed by atoms with Crippen LogP contribution in [0.3, 0.4) is 0 Å². The third kappa shape index (κ3) is 6.84. The first kappa shape index (κ1) is 24.8. The molecule has 0 aliphatic heterocycles. The van der Waals surface area contributed by atoms with Crippen LogP contribution < -0.4 is 9.47 Å². The Morgan fingerprint density at radius 3 is 2.09 bits per heavy atom. The summed E-state index contributed by atoms with van der Waals surface area (Å²) in [5, 5.41) is 10.1. The van der Waals surface area contributed by atoms with Crippen LogP contribution in [0.2, 0.25) is 0 Å². The van der Waals surface area contributed by atoms with Gasteiger partial charge in [0.1, 0.15) is 18.8 Å². The lowest BCUT2D eigenvalue weighted by Gasteiger charge is -2.18. The average molecular weight is 476 g/mol. The summed E-state index contributed by atoms with van der Waals surface area (Å²) in [6, 6.07) is 3.06. The Morgan fingerprint density at radius 1 is 1.06 bits per heavy atom. The molecule has 0 atom stereocenters. The number of hydrogen-bond acceptors (Lipinski definition) is 6. The molecule has 2 aliphatic rings. The Labute approximate surface area is 188 Å². The second-order valence-corrected chi connectivity index (χ2v) is 9.40. The molecule has 184 valence electrons. The van der Waals surface area contributed by atoms with Crippen molar-refractivity contribution < 1.29 is 36.6 Å². The van der Waals surface area contributed by atoms with E-state index in [1.807, 2.05) is 0 Å². The number of carbonyl (C=O) groups excluding carboxylic acids is 1. The van der Waals surface area contributed by atoms with E-state index in [1.165, 1.54) is 18.5 Å². The Morgan fingerprint density at radius 2 is 1.64 bits per heavy atom. The lowest BCUT2D eigenvalue weighted by atomic mass is 10.1. The summed E-state index contributed by atoms with van der Waals surface area (Å²) in [5.74, 6) is 0.592. The normalized spacial score (nSPS) is 17.8. The third-order valence-electron chi connectivity index (χ3n) is 5.35.